The van der Waals surface area contributed by atoms with Crippen LogP contribution in [0.4, 0.5) is 5.69 Å². The summed E-state index contributed by atoms with van der Waals surface area (Å²) in [4.78, 5) is 45.9. The van der Waals surface area contributed by atoms with Gasteiger partial charge in [-0.05, 0) is 83.8 Å². The van der Waals surface area contributed by atoms with Crippen LogP contribution in [0.5, 0.6) is 5.75 Å². The van der Waals surface area contributed by atoms with E-state index in [0.29, 0.717) is 39.8 Å². The van der Waals surface area contributed by atoms with Crippen molar-refractivity contribution in [2.24, 2.45) is 5.92 Å². The normalized spacial score (nSPS) is 23.0. The molecule has 1 spiro atoms. The molecule has 0 aromatic heterocycles. The molecule has 0 unspecified atom stereocenters. The molecule has 0 radical (unpaired) electrons. The number of para-hydroxylation sites is 1. The van der Waals surface area contributed by atoms with E-state index in [1.807, 2.05) is 72.6 Å². The van der Waals surface area contributed by atoms with E-state index in [4.69, 9.17) is 16.3 Å². The van der Waals surface area contributed by atoms with Crippen LogP contribution in [0.25, 0.3) is 6.08 Å². The fourth-order valence-corrected chi connectivity index (χ4v) is 7.19. The average Bonchev–Trinajstić information content (AvgIpc) is 3.52. The van der Waals surface area contributed by atoms with Crippen molar-refractivity contribution in [2.75, 3.05) is 11.9 Å². The molecule has 3 heterocycles. The number of carbonyl (C=O) groups excluding carboxylic acids is 3. The molecule has 214 valence electrons. The number of ether oxygens (including phenoxy) is 1. The van der Waals surface area contributed by atoms with Crippen LogP contribution in [-0.2, 0) is 10.2 Å². The standard InChI is InChI=1S/C36H29ClN2O4/c1-2-21-43-26-17-13-23(14-18-26)32(40)30-31(33(41)24-11-15-25(37)16-12-24)39-20-19-22-7-3-4-8-27(22)34(39)36(30)28-9-5-6-10-29(28)38-35(36)42/h3-20,30-31,34H,2,21H2,1H3,(H,38,42)/t30-,31+,34-,36+/m0/s1. The summed E-state index contributed by atoms with van der Waals surface area (Å²) < 4.78 is 5.76. The number of nitrogens with zero attached hydrogens (tertiary/aromatic N) is 1. The van der Waals surface area contributed by atoms with Crippen molar-refractivity contribution in [1.29, 1.82) is 0 Å². The van der Waals surface area contributed by atoms with Gasteiger partial charge in [0.1, 0.15) is 17.2 Å². The first kappa shape index (κ1) is 27.2. The smallest absolute Gasteiger partial charge is 0.238 e. The summed E-state index contributed by atoms with van der Waals surface area (Å²) >= 11 is 6.17. The van der Waals surface area contributed by atoms with Crippen molar-refractivity contribution >= 4 is 40.8 Å². The van der Waals surface area contributed by atoms with Gasteiger partial charge < -0.3 is 15.0 Å². The Balaban J connectivity index is 1.47. The predicted octanol–water partition coefficient (Wildman–Crippen LogP) is 7.11. The lowest BCUT2D eigenvalue weighted by Crippen LogP contribution is -2.49. The molecule has 4 aromatic rings. The largest absolute Gasteiger partial charge is 0.494 e. The molecule has 0 aliphatic carbocycles. The van der Waals surface area contributed by atoms with Crippen molar-refractivity contribution < 1.29 is 19.1 Å². The van der Waals surface area contributed by atoms with Crippen molar-refractivity contribution in [2.45, 2.75) is 30.8 Å². The molecule has 4 aromatic carbocycles. The zero-order valence-electron chi connectivity index (χ0n) is 23.5. The molecule has 1 saturated heterocycles. The summed E-state index contributed by atoms with van der Waals surface area (Å²) in [6.07, 6.45) is 4.68. The molecule has 7 rings (SSSR count). The van der Waals surface area contributed by atoms with Gasteiger partial charge in [0.25, 0.3) is 0 Å². The molecule has 1 N–H and O–H groups in total. The van der Waals surface area contributed by atoms with Gasteiger partial charge in [0, 0.05) is 28.0 Å². The van der Waals surface area contributed by atoms with Crippen LogP contribution in [0.15, 0.2) is 103 Å². The third-order valence-corrected chi connectivity index (χ3v) is 9.11. The summed E-state index contributed by atoms with van der Waals surface area (Å²) in [6.45, 7) is 2.59. The average molecular weight is 589 g/mol. The van der Waals surface area contributed by atoms with E-state index >= 15 is 0 Å². The molecule has 0 bridgehead atoms. The highest BCUT2D eigenvalue weighted by atomic mass is 35.5. The van der Waals surface area contributed by atoms with E-state index in [9.17, 15) is 14.4 Å². The summed E-state index contributed by atoms with van der Waals surface area (Å²) in [7, 11) is 0. The Morgan fingerprint density at radius 2 is 1.56 bits per heavy atom. The first-order valence-electron chi connectivity index (χ1n) is 14.5. The fourth-order valence-electron chi connectivity index (χ4n) is 7.07. The first-order valence-corrected chi connectivity index (χ1v) is 14.8. The minimum absolute atomic E-state index is 0.249. The number of carbonyl (C=O) groups is 3. The fraction of sp³-hybridized carbons (Fsp3) is 0.194. The SMILES string of the molecule is CCCOc1ccc(C(=O)[C@@H]2[C@H](C(=O)c3ccc(Cl)cc3)N3C=Cc4ccccc4[C@H]3[C@]23C(=O)Nc2ccccc23)cc1. The van der Waals surface area contributed by atoms with E-state index in [1.165, 1.54) is 0 Å². The Labute approximate surface area is 254 Å². The number of ketones is 2. The van der Waals surface area contributed by atoms with E-state index in [-0.39, 0.29) is 17.5 Å². The summed E-state index contributed by atoms with van der Waals surface area (Å²) in [5.74, 6) is -1.20. The number of hydrogen-bond acceptors (Lipinski definition) is 5. The van der Waals surface area contributed by atoms with Crippen molar-refractivity contribution in [3.8, 4) is 5.75 Å². The number of amides is 1. The van der Waals surface area contributed by atoms with E-state index in [0.717, 1.165) is 17.5 Å². The number of rotatable bonds is 7. The number of hydrogen-bond donors (Lipinski definition) is 1. The second-order valence-corrected chi connectivity index (χ2v) is 11.6. The Kier molecular flexibility index (Phi) is 6.66. The Morgan fingerprint density at radius 1 is 0.884 bits per heavy atom. The molecule has 3 aliphatic heterocycles. The highest BCUT2D eigenvalue weighted by molar-refractivity contribution is 6.30. The molecule has 3 aliphatic rings. The maximum Gasteiger partial charge on any atom is 0.238 e. The molecule has 1 amide bonds. The van der Waals surface area contributed by atoms with Gasteiger partial charge in [0.2, 0.25) is 5.91 Å². The number of halogens is 1. The molecule has 0 saturated carbocycles. The number of benzene rings is 4. The molecular formula is C36H29ClN2O4. The third kappa shape index (κ3) is 4.12. The van der Waals surface area contributed by atoms with Gasteiger partial charge in [-0.25, -0.2) is 0 Å². The minimum atomic E-state index is -1.38. The van der Waals surface area contributed by atoms with Crippen LogP contribution < -0.4 is 10.1 Å². The molecule has 43 heavy (non-hydrogen) atoms. The zero-order chi connectivity index (χ0) is 29.7. The molecular weight excluding hydrogens is 560 g/mol. The quantitative estimate of drug-likeness (QED) is 0.233. The van der Waals surface area contributed by atoms with E-state index in [2.05, 4.69) is 5.32 Å². The lowest BCUT2D eigenvalue weighted by molar-refractivity contribution is -0.122. The maximum atomic E-state index is 14.9. The van der Waals surface area contributed by atoms with Gasteiger partial charge in [-0.3, -0.25) is 14.4 Å². The lowest BCUT2D eigenvalue weighted by atomic mass is 9.62. The monoisotopic (exact) mass is 588 g/mol. The van der Waals surface area contributed by atoms with Crippen LogP contribution in [0.3, 0.4) is 0 Å². The van der Waals surface area contributed by atoms with Crippen LogP contribution in [0.1, 0.15) is 56.8 Å². The van der Waals surface area contributed by atoms with Gasteiger partial charge in [0.15, 0.2) is 11.6 Å². The number of fused-ring (bicyclic) bond motifs is 6. The molecule has 6 nitrogen and oxygen atoms in total. The Hall–Kier alpha value is -4.68. The highest BCUT2D eigenvalue weighted by Gasteiger charge is 2.70. The first-order chi connectivity index (χ1) is 20.9. The Bertz CT molecular complexity index is 1780. The van der Waals surface area contributed by atoms with Crippen LogP contribution >= 0.6 is 11.6 Å². The number of Topliss-reactive ketones (excluding diaryl/α,β-unsaturated/α-hetero) is 2. The topological polar surface area (TPSA) is 75.7 Å². The summed E-state index contributed by atoms with van der Waals surface area (Å²) in [5, 5.41) is 3.58. The Morgan fingerprint density at radius 3 is 2.33 bits per heavy atom. The predicted molar refractivity (Wildman–Crippen MR) is 166 cm³/mol. The van der Waals surface area contributed by atoms with Crippen molar-refractivity contribution in [3.63, 3.8) is 0 Å². The van der Waals surface area contributed by atoms with Gasteiger partial charge >= 0.3 is 0 Å². The second kappa shape index (κ2) is 10.5. The summed E-state index contributed by atoms with van der Waals surface area (Å²) in [5.41, 5.74) is 2.67. The van der Waals surface area contributed by atoms with Gasteiger partial charge in [0.05, 0.1) is 18.6 Å². The highest BCUT2D eigenvalue weighted by Crippen LogP contribution is 2.62. The van der Waals surface area contributed by atoms with Gasteiger partial charge in [-0.1, -0.05) is 61.0 Å². The minimum Gasteiger partial charge on any atom is -0.494 e. The molecule has 4 atom stereocenters. The molecule has 7 heteroatoms. The van der Waals surface area contributed by atoms with Crippen molar-refractivity contribution in [1.82, 2.24) is 4.90 Å². The summed E-state index contributed by atoms with van der Waals surface area (Å²) in [6, 6.07) is 27.5. The third-order valence-electron chi connectivity index (χ3n) is 8.86. The number of nitrogens with one attached hydrogen (secondary N) is 1. The van der Waals surface area contributed by atoms with Gasteiger partial charge in [-0.15, -0.1) is 0 Å². The maximum absolute atomic E-state index is 14.9. The zero-order valence-corrected chi connectivity index (χ0v) is 24.3. The van der Waals surface area contributed by atoms with E-state index < -0.39 is 23.4 Å². The van der Waals surface area contributed by atoms with E-state index in [1.54, 1.807) is 48.5 Å². The van der Waals surface area contributed by atoms with Gasteiger partial charge in [-0.2, -0.15) is 0 Å². The second-order valence-electron chi connectivity index (χ2n) is 11.2. The number of anilines is 1. The van der Waals surface area contributed by atoms with Crippen LogP contribution in [-0.4, -0.2) is 35.0 Å². The van der Waals surface area contributed by atoms with Crippen LogP contribution in [0.2, 0.25) is 5.02 Å². The van der Waals surface area contributed by atoms with Crippen molar-refractivity contribution in [3.05, 3.63) is 136 Å². The molecule has 1 fully saturated rings. The van der Waals surface area contributed by atoms with Crippen LogP contribution in [0, 0.1) is 5.92 Å². The lowest BCUT2D eigenvalue weighted by Gasteiger charge is -2.38.